The molecule has 2 nitrogen and oxygen atoms in total. The Hall–Kier alpha value is -1.51. The zero-order chi connectivity index (χ0) is 12.3. The van der Waals surface area contributed by atoms with Gasteiger partial charge in [0.05, 0.1) is 11.1 Å². The summed E-state index contributed by atoms with van der Waals surface area (Å²) in [4.78, 5) is 0. The largest absolute Gasteiger partial charge is 0.455 e. The molecule has 0 fully saturated rings. The Bertz CT molecular complexity index is 509. The molecule has 2 aromatic rings. The minimum atomic E-state index is -0.575. The molecule has 0 bridgehead atoms. The van der Waals surface area contributed by atoms with E-state index in [-0.39, 0.29) is 0 Å². The van der Waals surface area contributed by atoms with Crippen molar-refractivity contribution in [1.82, 2.24) is 0 Å². The van der Waals surface area contributed by atoms with E-state index in [2.05, 4.69) is 0 Å². The van der Waals surface area contributed by atoms with E-state index in [0.717, 1.165) is 5.56 Å². The summed E-state index contributed by atoms with van der Waals surface area (Å²) in [6, 6.07) is 14.6. The third-order valence-electron chi connectivity index (χ3n) is 2.43. The summed E-state index contributed by atoms with van der Waals surface area (Å²) in [5, 5.41) is 10.2. The van der Waals surface area contributed by atoms with Gasteiger partial charge < -0.3 is 9.84 Å². The third-order valence-corrected chi connectivity index (χ3v) is 2.74. The molecule has 0 aromatic heterocycles. The molecule has 0 saturated heterocycles. The van der Waals surface area contributed by atoms with Crippen LogP contribution in [0.4, 0.5) is 0 Å². The Morgan fingerprint density at radius 1 is 1.00 bits per heavy atom. The number of aliphatic hydroxyl groups is 1. The summed E-state index contributed by atoms with van der Waals surface area (Å²) in [5.74, 6) is 1.21. The van der Waals surface area contributed by atoms with Gasteiger partial charge in [0.1, 0.15) is 11.5 Å². The van der Waals surface area contributed by atoms with Crippen molar-refractivity contribution in [2.24, 2.45) is 0 Å². The van der Waals surface area contributed by atoms with Crippen molar-refractivity contribution in [3.8, 4) is 11.5 Å². The van der Waals surface area contributed by atoms with Crippen LogP contribution in [0.3, 0.4) is 0 Å². The second kappa shape index (κ2) is 5.21. The van der Waals surface area contributed by atoms with E-state index in [1.54, 1.807) is 19.1 Å². The van der Waals surface area contributed by atoms with Crippen LogP contribution >= 0.6 is 11.6 Å². The van der Waals surface area contributed by atoms with Gasteiger partial charge >= 0.3 is 0 Å². The average Bonchev–Trinajstić information content (AvgIpc) is 2.32. The SMILES string of the molecule is CC(O)c1ccccc1Oc1ccccc1Cl. The summed E-state index contributed by atoms with van der Waals surface area (Å²) in [6.07, 6.45) is -0.575. The maximum absolute atomic E-state index is 9.64. The van der Waals surface area contributed by atoms with E-state index in [9.17, 15) is 5.11 Å². The lowest BCUT2D eigenvalue weighted by molar-refractivity contribution is 0.195. The fraction of sp³-hybridized carbons (Fsp3) is 0.143. The summed E-state index contributed by atoms with van der Waals surface area (Å²) in [5.41, 5.74) is 0.743. The van der Waals surface area contributed by atoms with Crippen LogP contribution in [-0.2, 0) is 0 Å². The number of benzene rings is 2. The Labute approximate surface area is 105 Å². The van der Waals surface area contributed by atoms with Gasteiger partial charge in [0.2, 0.25) is 0 Å². The van der Waals surface area contributed by atoms with Crippen molar-refractivity contribution in [1.29, 1.82) is 0 Å². The number of aliphatic hydroxyl groups excluding tert-OH is 1. The molecule has 0 aliphatic heterocycles. The Balaban J connectivity index is 2.34. The molecule has 0 amide bonds. The summed E-state index contributed by atoms with van der Waals surface area (Å²) in [6.45, 7) is 1.70. The minimum absolute atomic E-state index is 0.549. The minimum Gasteiger partial charge on any atom is -0.455 e. The first kappa shape index (κ1) is 12.0. The third kappa shape index (κ3) is 2.78. The lowest BCUT2D eigenvalue weighted by atomic mass is 10.1. The predicted octanol–water partition coefficient (Wildman–Crippen LogP) is 4.19. The number of hydrogen-bond acceptors (Lipinski definition) is 2. The van der Waals surface area contributed by atoms with Crippen LogP contribution in [0.25, 0.3) is 0 Å². The van der Waals surface area contributed by atoms with Crippen molar-refractivity contribution in [2.45, 2.75) is 13.0 Å². The van der Waals surface area contributed by atoms with Gasteiger partial charge in [0, 0.05) is 5.56 Å². The Morgan fingerprint density at radius 3 is 2.24 bits per heavy atom. The Kier molecular flexibility index (Phi) is 3.67. The second-order valence-corrected chi connectivity index (χ2v) is 4.15. The highest BCUT2D eigenvalue weighted by molar-refractivity contribution is 6.32. The molecule has 3 heteroatoms. The number of para-hydroxylation sites is 2. The molecular weight excluding hydrogens is 236 g/mol. The quantitative estimate of drug-likeness (QED) is 0.883. The fourth-order valence-corrected chi connectivity index (χ4v) is 1.74. The van der Waals surface area contributed by atoms with Crippen molar-refractivity contribution in [3.05, 3.63) is 59.1 Å². The van der Waals surface area contributed by atoms with E-state index in [1.807, 2.05) is 36.4 Å². The molecule has 2 rings (SSSR count). The molecule has 1 atom stereocenters. The zero-order valence-corrected chi connectivity index (χ0v) is 10.2. The van der Waals surface area contributed by atoms with Crippen LogP contribution in [0.15, 0.2) is 48.5 Å². The maximum atomic E-state index is 9.64. The van der Waals surface area contributed by atoms with E-state index in [4.69, 9.17) is 16.3 Å². The van der Waals surface area contributed by atoms with Crippen LogP contribution < -0.4 is 4.74 Å². The van der Waals surface area contributed by atoms with Gasteiger partial charge in [-0.15, -0.1) is 0 Å². The molecule has 1 N–H and O–H groups in total. The van der Waals surface area contributed by atoms with Crippen LogP contribution in [0.5, 0.6) is 11.5 Å². The first-order chi connectivity index (χ1) is 8.18. The number of hydrogen-bond donors (Lipinski definition) is 1. The van der Waals surface area contributed by atoms with Crippen molar-refractivity contribution in [2.75, 3.05) is 0 Å². The Morgan fingerprint density at radius 2 is 1.59 bits per heavy atom. The van der Waals surface area contributed by atoms with Gasteiger partial charge in [0.25, 0.3) is 0 Å². The van der Waals surface area contributed by atoms with E-state index < -0.39 is 6.10 Å². The van der Waals surface area contributed by atoms with E-state index >= 15 is 0 Å². The fourth-order valence-electron chi connectivity index (χ4n) is 1.56. The molecule has 2 aromatic carbocycles. The van der Waals surface area contributed by atoms with Gasteiger partial charge in [-0.3, -0.25) is 0 Å². The smallest absolute Gasteiger partial charge is 0.146 e. The van der Waals surface area contributed by atoms with Crippen LogP contribution in [0.2, 0.25) is 5.02 Å². The predicted molar refractivity (Wildman–Crippen MR) is 68.6 cm³/mol. The summed E-state index contributed by atoms with van der Waals surface area (Å²) >= 11 is 6.02. The summed E-state index contributed by atoms with van der Waals surface area (Å²) < 4.78 is 5.71. The summed E-state index contributed by atoms with van der Waals surface area (Å²) in [7, 11) is 0. The van der Waals surface area contributed by atoms with Crippen molar-refractivity contribution < 1.29 is 9.84 Å². The van der Waals surface area contributed by atoms with Crippen LogP contribution in [0.1, 0.15) is 18.6 Å². The normalized spacial score (nSPS) is 12.2. The van der Waals surface area contributed by atoms with Gasteiger partial charge in [-0.25, -0.2) is 0 Å². The second-order valence-electron chi connectivity index (χ2n) is 3.75. The van der Waals surface area contributed by atoms with Crippen LogP contribution in [0, 0.1) is 0 Å². The van der Waals surface area contributed by atoms with Gasteiger partial charge in [-0.2, -0.15) is 0 Å². The topological polar surface area (TPSA) is 29.5 Å². The lowest BCUT2D eigenvalue weighted by Gasteiger charge is -2.13. The molecule has 0 heterocycles. The van der Waals surface area contributed by atoms with Gasteiger partial charge in [0.15, 0.2) is 0 Å². The zero-order valence-electron chi connectivity index (χ0n) is 9.43. The maximum Gasteiger partial charge on any atom is 0.146 e. The molecular formula is C14H13ClO2. The molecule has 17 heavy (non-hydrogen) atoms. The van der Waals surface area contributed by atoms with Crippen molar-refractivity contribution >= 4 is 11.6 Å². The molecule has 0 radical (unpaired) electrons. The molecule has 0 aliphatic carbocycles. The number of rotatable bonds is 3. The molecule has 88 valence electrons. The first-order valence-corrected chi connectivity index (χ1v) is 5.75. The van der Waals surface area contributed by atoms with Crippen LogP contribution in [-0.4, -0.2) is 5.11 Å². The van der Waals surface area contributed by atoms with Gasteiger partial charge in [-0.1, -0.05) is 41.9 Å². The average molecular weight is 249 g/mol. The molecule has 0 aliphatic rings. The number of halogens is 1. The molecule has 1 unspecified atom stereocenters. The van der Waals surface area contributed by atoms with Crippen molar-refractivity contribution in [3.63, 3.8) is 0 Å². The monoisotopic (exact) mass is 248 g/mol. The highest BCUT2D eigenvalue weighted by Crippen LogP contribution is 2.32. The molecule has 0 saturated carbocycles. The number of ether oxygens (including phenoxy) is 1. The highest BCUT2D eigenvalue weighted by atomic mass is 35.5. The van der Waals surface area contributed by atoms with E-state index in [1.165, 1.54) is 0 Å². The lowest BCUT2D eigenvalue weighted by Crippen LogP contribution is -1.95. The standard InChI is InChI=1S/C14H13ClO2/c1-10(16)11-6-2-4-8-13(11)17-14-9-5-3-7-12(14)15/h2-10,16H,1H3. The molecule has 0 spiro atoms. The van der Waals surface area contributed by atoms with Gasteiger partial charge in [-0.05, 0) is 25.1 Å². The first-order valence-electron chi connectivity index (χ1n) is 5.38. The van der Waals surface area contributed by atoms with E-state index in [0.29, 0.717) is 16.5 Å². The highest BCUT2D eigenvalue weighted by Gasteiger charge is 2.10.